The highest BCUT2D eigenvalue weighted by Gasteiger charge is 2.30. The predicted molar refractivity (Wildman–Crippen MR) is 87.2 cm³/mol. The molecule has 0 spiro atoms. The number of nitrogens with one attached hydrogen (secondary N) is 1. The minimum atomic E-state index is -0.889. The lowest BCUT2D eigenvalue weighted by molar-refractivity contribution is 0.143. The summed E-state index contributed by atoms with van der Waals surface area (Å²) in [5.74, 6) is -1.76. The monoisotopic (exact) mass is 357 g/mol. The Bertz CT molecular complexity index is 664. The summed E-state index contributed by atoms with van der Waals surface area (Å²) in [6.45, 7) is 1.63. The van der Waals surface area contributed by atoms with Crippen molar-refractivity contribution in [3.63, 3.8) is 0 Å². The van der Waals surface area contributed by atoms with E-state index in [1.54, 1.807) is 0 Å². The Morgan fingerprint density at radius 2 is 1.74 bits per heavy atom. The number of halogens is 4. The molecular weight excluding hydrogens is 343 g/mol. The third-order valence-electron chi connectivity index (χ3n) is 3.97. The topological polar surface area (TPSA) is 21.3 Å². The van der Waals surface area contributed by atoms with Crippen LogP contribution in [0.15, 0.2) is 36.4 Å². The fourth-order valence-corrected chi connectivity index (χ4v) is 3.23. The van der Waals surface area contributed by atoms with Gasteiger partial charge < -0.3 is 10.1 Å². The number of rotatable bonds is 4. The van der Waals surface area contributed by atoms with Gasteiger partial charge in [0, 0.05) is 18.5 Å². The predicted octanol–water partition coefficient (Wildman–Crippen LogP) is 5.00. The Labute approximate surface area is 143 Å². The molecule has 0 bridgehead atoms. The van der Waals surface area contributed by atoms with Crippen LogP contribution in [0, 0.1) is 17.6 Å². The molecule has 3 rings (SSSR count). The van der Waals surface area contributed by atoms with Gasteiger partial charge in [-0.3, -0.25) is 0 Å². The SMILES string of the molecule is Fc1cc(F)c(Cl)c(O[C@@H](c2ccccc2)[C@H]2CCNC2)c1Cl. The normalized spacial score (nSPS) is 18.9. The van der Waals surface area contributed by atoms with Gasteiger partial charge in [-0.15, -0.1) is 0 Å². The molecule has 2 aromatic carbocycles. The van der Waals surface area contributed by atoms with Gasteiger partial charge in [-0.2, -0.15) is 0 Å². The van der Waals surface area contributed by atoms with Crippen LogP contribution in [0.3, 0.4) is 0 Å². The highest BCUT2D eigenvalue weighted by Crippen LogP contribution is 2.41. The van der Waals surface area contributed by atoms with E-state index in [1.807, 2.05) is 30.3 Å². The smallest absolute Gasteiger partial charge is 0.163 e. The van der Waals surface area contributed by atoms with Gasteiger partial charge in [-0.1, -0.05) is 53.5 Å². The molecule has 0 aromatic heterocycles. The minimum Gasteiger partial charge on any atom is -0.482 e. The van der Waals surface area contributed by atoms with E-state index < -0.39 is 11.6 Å². The van der Waals surface area contributed by atoms with Crippen molar-refractivity contribution in [3.8, 4) is 5.75 Å². The molecule has 0 radical (unpaired) electrons. The second kappa shape index (κ2) is 7.04. The Hall–Kier alpha value is -1.36. The summed E-state index contributed by atoms with van der Waals surface area (Å²) in [5.41, 5.74) is 0.915. The van der Waals surface area contributed by atoms with Crippen molar-refractivity contribution < 1.29 is 13.5 Å². The van der Waals surface area contributed by atoms with Crippen LogP contribution in [0.1, 0.15) is 18.1 Å². The first-order chi connectivity index (χ1) is 11.1. The zero-order valence-corrected chi connectivity index (χ0v) is 13.7. The summed E-state index contributed by atoms with van der Waals surface area (Å²) in [7, 11) is 0. The van der Waals surface area contributed by atoms with Crippen molar-refractivity contribution in [3.05, 3.63) is 63.6 Å². The average Bonchev–Trinajstić information content (AvgIpc) is 3.08. The van der Waals surface area contributed by atoms with Crippen LogP contribution in [0.2, 0.25) is 10.0 Å². The zero-order valence-electron chi connectivity index (χ0n) is 12.2. The molecule has 1 heterocycles. The maximum Gasteiger partial charge on any atom is 0.163 e. The standard InChI is InChI=1S/C17H15Cl2F2NO/c18-14-12(20)8-13(21)15(19)17(14)23-16(11-6-7-22-9-11)10-4-2-1-3-5-10/h1-5,8,11,16,22H,6-7,9H2/t11-,16-/m0/s1. The van der Waals surface area contributed by atoms with Gasteiger partial charge in [-0.05, 0) is 18.5 Å². The fraction of sp³-hybridized carbons (Fsp3) is 0.294. The van der Waals surface area contributed by atoms with Gasteiger partial charge >= 0.3 is 0 Å². The van der Waals surface area contributed by atoms with Crippen LogP contribution in [-0.4, -0.2) is 13.1 Å². The molecule has 0 saturated carbocycles. The first-order valence-electron chi connectivity index (χ1n) is 7.33. The van der Waals surface area contributed by atoms with Crippen molar-refractivity contribution in [2.75, 3.05) is 13.1 Å². The molecule has 1 aliphatic rings. The van der Waals surface area contributed by atoms with Gasteiger partial charge in [-0.25, -0.2) is 8.78 Å². The van der Waals surface area contributed by atoms with Crippen LogP contribution in [0.4, 0.5) is 8.78 Å². The Kier molecular flexibility index (Phi) is 5.05. The molecule has 1 fully saturated rings. The van der Waals surface area contributed by atoms with Crippen LogP contribution in [-0.2, 0) is 0 Å². The molecule has 2 nitrogen and oxygen atoms in total. The van der Waals surface area contributed by atoms with Gasteiger partial charge in [0.05, 0.1) is 0 Å². The average molecular weight is 358 g/mol. The molecule has 1 saturated heterocycles. The second-order valence-corrected chi connectivity index (χ2v) is 6.26. The van der Waals surface area contributed by atoms with E-state index in [2.05, 4.69) is 5.32 Å². The maximum absolute atomic E-state index is 13.7. The summed E-state index contributed by atoms with van der Waals surface area (Å²) in [4.78, 5) is 0. The van der Waals surface area contributed by atoms with Crippen molar-refractivity contribution in [1.29, 1.82) is 0 Å². The van der Waals surface area contributed by atoms with E-state index >= 15 is 0 Å². The van der Waals surface area contributed by atoms with Crippen molar-refractivity contribution >= 4 is 23.2 Å². The lowest BCUT2D eigenvalue weighted by Crippen LogP contribution is -2.21. The van der Waals surface area contributed by atoms with Crippen molar-refractivity contribution in [1.82, 2.24) is 5.32 Å². The summed E-state index contributed by atoms with van der Waals surface area (Å²) in [5, 5.41) is 2.66. The summed E-state index contributed by atoms with van der Waals surface area (Å²) >= 11 is 11.9. The Morgan fingerprint density at radius 3 is 2.30 bits per heavy atom. The van der Waals surface area contributed by atoms with E-state index in [-0.39, 0.29) is 27.8 Å². The number of ether oxygens (including phenoxy) is 1. The second-order valence-electron chi connectivity index (χ2n) is 5.50. The van der Waals surface area contributed by atoms with E-state index in [4.69, 9.17) is 27.9 Å². The molecule has 122 valence electrons. The molecule has 2 aromatic rings. The molecule has 0 aliphatic carbocycles. The third-order valence-corrected chi connectivity index (χ3v) is 4.68. The zero-order chi connectivity index (χ0) is 16.4. The molecular formula is C17H15Cl2F2NO. The molecule has 0 unspecified atom stereocenters. The Balaban J connectivity index is 1.99. The van der Waals surface area contributed by atoms with Crippen LogP contribution >= 0.6 is 23.2 Å². The highest BCUT2D eigenvalue weighted by molar-refractivity contribution is 6.37. The lowest BCUT2D eigenvalue weighted by atomic mass is 9.95. The molecule has 2 atom stereocenters. The van der Waals surface area contributed by atoms with Crippen LogP contribution < -0.4 is 10.1 Å². The number of hydrogen-bond donors (Lipinski definition) is 1. The largest absolute Gasteiger partial charge is 0.482 e. The molecule has 23 heavy (non-hydrogen) atoms. The van der Waals surface area contributed by atoms with E-state index in [0.29, 0.717) is 6.07 Å². The van der Waals surface area contributed by atoms with Gasteiger partial charge in [0.1, 0.15) is 27.8 Å². The molecule has 1 N–H and O–H groups in total. The van der Waals surface area contributed by atoms with Gasteiger partial charge in [0.25, 0.3) is 0 Å². The third kappa shape index (κ3) is 3.44. The quantitative estimate of drug-likeness (QED) is 0.777. The van der Waals surface area contributed by atoms with Crippen LogP contribution in [0.25, 0.3) is 0 Å². The van der Waals surface area contributed by atoms with E-state index in [1.165, 1.54) is 0 Å². The van der Waals surface area contributed by atoms with Crippen LogP contribution in [0.5, 0.6) is 5.75 Å². The molecule has 1 aliphatic heterocycles. The van der Waals surface area contributed by atoms with Crippen molar-refractivity contribution in [2.45, 2.75) is 12.5 Å². The summed E-state index contributed by atoms with van der Waals surface area (Å²) in [6, 6.07) is 10.2. The minimum absolute atomic E-state index is 0.147. The van der Waals surface area contributed by atoms with Gasteiger partial charge in [0.15, 0.2) is 5.75 Å². The van der Waals surface area contributed by atoms with E-state index in [0.717, 1.165) is 25.1 Å². The maximum atomic E-state index is 13.7. The molecule has 0 amide bonds. The first kappa shape index (κ1) is 16.5. The number of hydrogen-bond acceptors (Lipinski definition) is 2. The Morgan fingerprint density at radius 1 is 1.09 bits per heavy atom. The van der Waals surface area contributed by atoms with Crippen molar-refractivity contribution in [2.24, 2.45) is 5.92 Å². The fourth-order valence-electron chi connectivity index (χ4n) is 2.80. The highest BCUT2D eigenvalue weighted by atomic mass is 35.5. The molecule has 6 heteroatoms. The lowest BCUT2D eigenvalue weighted by Gasteiger charge is -2.26. The first-order valence-corrected chi connectivity index (χ1v) is 8.09. The summed E-state index contributed by atoms with van der Waals surface area (Å²) < 4.78 is 33.4. The summed E-state index contributed by atoms with van der Waals surface area (Å²) in [6.07, 6.45) is 0.509. The number of benzene rings is 2. The van der Waals surface area contributed by atoms with Gasteiger partial charge in [0.2, 0.25) is 0 Å². The van der Waals surface area contributed by atoms with E-state index in [9.17, 15) is 8.78 Å².